The third kappa shape index (κ3) is 3.53. The molecule has 2 rings (SSSR count). The van der Waals surface area contributed by atoms with E-state index in [0.29, 0.717) is 23.8 Å². The molecule has 0 bridgehead atoms. The van der Waals surface area contributed by atoms with Crippen LogP contribution in [0, 0.1) is 5.92 Å². The van der Waals surface area contributed by atoms with Crippen LogP contribution in [0.3, 0.4) is 0 Å². The lowest BCUT2D eigenvalue weighted by atomic mass is 9.95. The Bertz CT molecular complexity index is 425. The second-order valence-corrected chi connectivity index (χ2v) is 6.19. The minimum absolute atomic E-state index is 0.180. The minimum Gasteiger partial charge on any atom is -0.493 e. The molecule has 1 aliphatic heterocycles. The molecule has 4 nitrogen and oxygen atoms in total. The van der Waals surface area contributed by atoms with Crippen molar-refractivity contribution in [3.05, 3.63) is 11.9 Å². The average molecular weight is 282 g/mol. The number of thioether (sulfide) groups is 1. The van der Waals surface area contributed by atoms with Gasteiger partial charge < -0.3 is 4.74 Å². The van der Waals surface area contributed by atoms with E-state index in [0.717, 1.165) is 25.8 Å². The van der Waals surface area contributed by atoms with E-state index in [2.05, 4.69) is 12.0 Å². The molecule has 1 aromatic heterocycles. The van der Waals surface area contributed by atoms with E-state index < -0.39 is 0 Å². The van der Waals surface area contributed by atoms with Gasteiger partial charge in [-0.3, -0.25) is 9.48 Å². The summed E-state index contributed by atoms with van der Waals surface area (Å²) < 4.78 is 7.06. The molecule has 0 aromatic carbocycles. The number of nitrogens with zero attached hydrogens (tertiary/aromatic N) is 2. The van der Waals surface area contributed by atoms with Crippen molar-refractivity contribution in [3.8, 4) is 5.75 Å². The van der Waals surface area contributed by atoms with E-state index in [4.69, 9.17) is 4.74 Å². The highest BCUT2D eigenvalue weighted by atomic mass is 32.2. The number of aryl methyl sites for hydroxylation is 1. The molecule has 19 heavy (non-hydrogen) atoms. The molecule has 0 unspecified atom stereocenters. The Morgan fingerprint density at radius 2 is 2.26 bits per heavy atom. The summed E-state index contributed by atoms with van der Waals surface area (Å²) in [5.74, 6) is 3.69. The van der Waals surface area contributed by atoms with E-state index >= 15 is 0 Å². The van der Waals surface area contributed by atoms with Crippen LogP contribution in [0.5, 0.6) is 5.75 Å². The van der Waals surface area contributed by atoms with Gasteiger partial charge in [0.15, 0.2) is 11.5 Å². The molecule has 0 radical (unpaired) electrons. The van der Waals surface area contributed by atoms with Gasteiger partial charge in [0.25, 0.3) is 0 Å². The summed E-state index contributed by atoms with van der Waals surface area (Å²) in [6, 6.07) is 0. The minimum atomic E-state index is 0.180. The molecular formula is C14H22N2O2S. The number of hydrogen-bond acceptors (Lipinski definition) is 4. The van der Waals surface area contributed by atoms with Crippen LogP contribution in [0.4, 0.5) is 0 Å². The molecule has 5 heteroatoms. The van der Waals surface area contributed by atoms with Crippen molar-refractivity contribution in [3.63, 3.8) is 0 Å². The summed E-state index contributed by atoms with van der Waals surface area (Å²) in [4.78, 5) is 12.5. The van der Waals surface area contributed by atoms with Gasteiger partial charge in [-0.1, -0.05) is 6.92 Å². The largest absolute Gasteiger partial charge is 0.493 e. The molecule has 0 atom stereocenters. The first-order valence-corrected chi connectivity index (χ1v) is 8.12. The van der Waals surface area contributed by atoms with Gasteiger partial charge in [-0.2, -0.15) is 16.9 Å². The van der Waals surface area contributed by atoms with Crippen LogP contribution in [-0.4, -0.2) is 34.2 Å². The van der Waals surface area contributed by atoms with Gasteiger partial charge in [-0.25, -0.2) is 0 Å². The van der Waals surface area contributed by atoms with Gasteiger partial charge in [-0.05, 0) is 36.7 Å². The Labute approximate surface area is 118 Å². The van der Waals surface area contributed by atoms with Gasteiger partial charge in [0.1, 0.15) is 5.69 Å². The van der Waals surface area contributed by atoms with E-state index in [-0.39, 0.29) is 5.78 Å². The fourth-order valence-corrected chi connectivity index (χ4v) is 3.69. The standard InChI is InChI=1S/C14H22N2O2S/c1-3-6-16-14(13(18-2)10-15-16)12(17)9-11-4-7-19-8-5-11/h10-11H,3-9H2,1-2H3. The summed E-state index contributed by atoms with van der Waals surface area (Å²) in [6.07, 6.45) is 5.55. The quantitative estimate of drug-likeness (QED) is 0.752. The smallest absolute Gasteiger partial charge is 0.184 e. The number of ketones is 1. The van der Waals surface area contributed by atoms with E-state index in [1.54, 1.807) is 18.0 Å². The van der Waals surface area contributed by atoms with Crippen LogP contribution >= 0.6 is 11.8 Å². The lowest BCUT2D eigenvalue weighted by Gasteiger charge is -2.20. The summed E-state index contributed by atoms with van der Waals surface area (Å²) >= 11 is 1.99. The van der Waals surface area contributed by atoms with Crippen molar-refractivity contribution in [1.82, 2.24) is 9.78 Å². The summed E-state index contributed by atoms with van der Waals surface area (Å²) in [6.45, 7) is 2.85. The maximum atomic E-state index is 12.5. The fourth-order valence-electron chi connectivity index (χ4n) is 2.49. The van der Waals surface area contributed by atoms with Crippen molar-refractivity contribution >= 4 is 17.5 Å². The van der Waals surface area contributed by atoms with Crippen LogP contribution in [0.15, 0.2) is 6.20 Å². The maximum Gasteiger partial charge on any atom is 0.184 e. The predicted octanol–water partition coefficient (Wildman–Crippen LogP) is 3.02. The van der Waals surface area contributed by atoms with Gasteiger partial charge in [0.05, 0.1) is 13.3 Å². The number of ether oxygens (including phenoxy) is 1. The first kappa shape index (κ1) is 14.4. The molecule has 0 N–H and O–H groups in total. The van der Waals surface area contributed by atoms with Crippen LogP contribution in [-0.2, 0) is 6.54 Å². The lowest BCUT2D eigenvalue weighted by molar-refractivity contribution is 0.0944. The van der Waals surface area contributed by atoms with E-state index in [1.807, 2.05) is 11.8 Å². The summed E-state index contributed by atoms with van der Waals surface area (Å²) in [5.41, 5.74) is 0.655. The average Bonchev–Trinajstić information content (AvgIpc) is 2.83. The fraction of sp³-hybridized carbons (Fsp3) is 0.714. The van der Waals surface area contributed by atoms with Gasteiger partial charge in [-0.15, -0.1) is 0 Å². The second-order valence-electron chi connectivity index (χ2n) is 4.97. The monoisotopic (exact) mass is 282 g/mol. The van der Waals surface area contributed by atoms with Gasteiger partial charge >= 0.3 is 0 Å². The zero-order valence-corrected chi connectivity index (χ0v) is 12.5. The van der Waals surface area contributed by atoms with Gasteiger partial charge in [0.2, 0.25) is 0 Å². The molecular weight excluding hydrogens is 260 g/mol. The lowest BCUT2D eigenvalue weighted by Crippen LogP contribution is -2.18. The maximum absolute atomic E-state index is 12.5. The zero-order chi connectivity index (χ0) is 13.7. The molecule has 0 aliphatic carbocycles. The Kier molecular flexibility index (Phi) is 5.31. The molecule has 1 fully saturated rings. The third-order valence-corrected chi connectivity index (χ3v) is 4.59. The molecule has 106 valence electrons. The van der Waals surface area contributed by atoms with Crippen LogP contribution in [0.2, 0.25) is 0 Å². The second kappa shape index (κ2) is 6.98. The van der Waals surface area contributed by atoms with Crippen LogP contribution < -0.4 is 4.74 Å². The molecule has 1 saturated heterocycles. The van der Waals surface area contributed by atoms with Gasteiger partial charge in [0, 0.05) is 13.0 Å². The Morgan fingerprint density at radius 1 is 1.53 bits per heavy atom. The van der Waals surface area contributed by atoms with Crippen molar-refractivity contribution in [1.29, 1.82) is 0 Å². The molecule has 0 amide bonds. The van der Waals surface area contributed by atoms with Crippen LogP contribution in [0.1, 0.15) is 43.1 Å². The molecule has 0 spiro atoms. The highest BCUT2D eigenvalue weighted by Crippen LogP contribution is 2.28. The zero-order valence-electron chi connectivity index (χ0n) is 11.7. The first-order valence-electron chi connectivity index (χ1n) is 6.97. The number of carbonyl (C=O) groups is 1. The summed E-state index contributed by atoms with van der Waals surface area (Å²) in [7, 11) is 1.60. The SMILES string of the molecule is CCCn1ncc(OC)c1C(=O)CC1CCSCC1. The number of hydrogen-bond donors (Lipinski definition) is 0. The normalized spacial score (nSPS) is 16.5. The van der Waals surface area contributed by atoms with E-state index in [9.17, 15) is 4.79 Å². The van der Waals surface area contributed by atoms with Crippen molar-refractivity contribution < 1.29 is 9.53 Å². The number of methoxy groups -OCH3 is 1. The molecule has 0 saturated carbocycles. The molecule has 1 aliphatic rings. The Hall–Kier alpha value is -0.970. The van der Waals surface area contributed by atoms with Crippen LogP contribution in [0.25, 0.3) is 0 Å². The van der Waals surface area contributed by atoms with Crippen molar-refractivity contribution in [2.75, 3.05) is 18.6 Å². The molecule has 2 heterocycles. The highest BCUT2D eigenvalue weighted by Gasteiger charge is 2.23. The Balaban J connectivity index is 2.09. The number of Topliss-reactive ketones (excluding diaryl/α,β-unsaturated/α-hetero) is 1. The van der Waals surface area contributed by atoms with Crippen molar-refractivity contribution in [2.45, 2.75) is 39.2 Å². The third-order valence-electron chi connectivity index (χ3n) is 3.54. The number of carbonyl (C=O) groups excluding carboxylic acids is 1. The topological polar surface area (TPSA) is 44.1 Å². The Morgan fingerprint density at radius 3 is 2.89 bits per heavy atom. The number of rotatable bonds is 6. The molecule has 1 aromatic rings. The highest BCUT2D eigenvalue weighted by molar-refractivity contribution is 7.99. The summed E-state index contributed by atoms with van der Waals surface area (Å²) in [5, 5.41) is 4.26. The van der Waals surface area contributed by atoms with Crippen molar-refractivity contribution in [2.24, 2.45) is 5.92 Å². The predicted molar refractivity (Wildman–Crippen MR) is 78.1 cm³/mol. The van der Waals surface area contributed by atoms with E-state index in [1.165, 1.54) is 11.5 Å². The number of aromatic nitrogens is 2. The first-order chi connectivity index (χ1) is 9.26.